The molecule has 2 heterocycles. The minimum atomic E-state index is -3.77. The zero-order valence-electron chi connectivity index (χ0n) is 13.2. The molecule has 0 bridgehead atoms. The molecule has 0 saturated heterocycles. The number of pyridine rings is 1. The van der Waals surface area contributed by atoms with Crippen molar-refractivity contribution in [1.82, 2.24) is 13.7 Å². The van der Waals surface area contributed by atoms with E-state index in [9.17, 15) is 13.2 Å². The third-order valence-corrected chi connectivity index (χ3v) is 6.43. The first-order chi connectivity index (χ1) is 11.4. The normalized spacial score (nSPS) is 12.3. The van der Waals surface area contributed by atoms with Crippen molar-refractivity contribution >= 4 is 38.2 Å². The van der Waals surface area contributed by atoms with Gasteiger partial charge in [-0.05, 0) is 24.3 Å². The summed E-state index contributed by atoms with van der Waals surface area (Å²) in [4.78, 5) is 16.2. The summed E-state index contributed by atoms with van der Waals surface area (Å²) in [7, 11) is -3.77. The molecule has 0 unspecified atom stereocenters. The number of nitrogens with zero attached hydrogens (tertiary/aromatic N) is 3. The van der Waals surface area contributed by atoms with Gasteiger partial charge in [0.05, 0.1) is 15.9 Å². The van der Waals surface area contributed by atoms with Gasteiger partial charge in [-0.15, -0.1) is 0 Å². The third-order valence-electron chi connectivity index (χ3n) is 3.92. The largest absolute Gasteiger partial charge is 0.301 e. The number of benzene rings is 1. The van der Waals surface area contributed by atoms with Crippen LogP contribution in [0.25, 0.3) is 16.6 Å². The van der Waals surface area contributed by atoms with Gasteiger partial charge in [0.1, 0.15) is 10.5 Å². The first-order valence-electron chi connectivity index (χ1n) is 7.51. The van der Waals surface area contributed by atoms with Crippen LogP contribution >= 0.6 is 11.6 Å². The summed E-state index contributed by atoms with van der Waals surface area (Å²) in [6.45, 7) is 4.14. The van der Waals surface area contributed by atoms with Gasteiger partial charge in [0.15, 0.2) is 0 Å². The molecule has 0 atom stereocenters. The van der Waals surface area contributed by atoms with Gasteiger partial charge in [0, 0.05) is 19.3 Å². The minimum Gasteiger partial charge on any atom is -0.301 e. The molecule has 0 amide bonds. The van der Waals surface area contributed by atoms with Gasteiger partial charge < -0.3 is 4.40 Å². The molecule has 8 heteroatoms. The molecule has 0 N–H and O–H groups in total. The lowest BCUT2D eigenvalue weighted by Gasteiger charge is -2.19. The molecule has 1 aromatic carbocycles. The van der Waals surface area contributed by atoms with Crippen LogP contribution in [0.2, 0.25) is 5.02 Å². The Labute approximate surface area is 144 Å². The fraction of sp³-hybridized carbons (Fsp3) is 0.250. The van der Waals surface area contributed by atoms with Crippen LogP contribution in [0.3, 0.4) is 0 Å². The van der Waals surface area contributed by atoms with Crippen LogP contribution in [0.4, 0.5) is 0 Å². The lowest BCUT2D eigenvalue weighted by molar-refractivity contribution is 0.445. The predicted octanol–water partition coefficient (Wildman–Crippen LogP) is 2.53. The highest BCUT2D eigenvalue weighted by atomic mass is 35.5. The lowest BCUT2D eigenvalue weighted by Crippen LogP contribution is -2.31. The number of hydrogen-bond donors (Lipinski definition) is 0. The number of sulfonamides is 1. The van der Waals surface area contributed by atoms with E-state index in [4.69, 9.17) is 11.6 Å². The smallest absolute Gasteiger partial charge is 0.281 e. The van der Waals surface area contributed by atoms with Crippen molar-refractivity contribution in [3.05, 3.63) is 51.9 Å². The second-order valence-electron chi connectivity index (χ2n) is 5.23. The van der Waals surface area contributed by atoms with E-state index in [1.165, 1.54) is 16.4 Å². The molecule has 6 nitrogen and oxygen atoms in total. The van der Waals surface area contributed by atoms with Crippen molar-refractivity contribution in [2.75, 3.05) is 13.1 Å². The number of aromatic nitrogens is 2. The Balaban J connectivity index is 2.38. The maximum atomic E-state index is 12.7. The number of hydrogen-bond acceptors (Lipinski definition) is 4. The standard InChI is InChI=1S/C16H16ClN3O3S/c1-3-19(4-2)24(22,23)14-9-11-13(10-12(14)17)20-8-6-5-7-15(20)18-16(11)21/h5-10H,3-4H2,1-2H3. The molecule has 126 valence electrons. The van der Waals surface area contributed by atoms with Crippen molar-refractivity contribution < 1.29 is 8.42 Å². The topological polar surface area (TPSA) is 71.8 Å². The van der Waals surface area contributed by atoms with E-state index in [0.717, 1.165) is 0 Å². The van der Waals surface area contributed by atoms with Crippen molar-refractivity contribution in [2.24, 2.45) is 0 Å². The Bertz CT molecular complexity index is 1090. The van der Waals surface area contributed by atoms with Crippen LogP contribution in [-0.4, -0.2) is 35.2 Å². The van der Waals surface area contributed by atoms with Gasteiger partial charge in [0.2, 0.25) is 10.0 Å². The fourth-order valence-corrected chi connectivity index (χ4v) is 4.69. The van der Waals surface area contributed by atoms with Crippen LogP contribution < -0.4 is 5.56 Å². The summed E-state index contributed by atoms with van der Waals surface area (Å²) in [5, 5.41) is 0.298. The SMILES string of the molecule is CCN(CC)S(=O)(=O)c1cc2c(=O)nc3ccccn3c2cc1Cl. The summed E-state index contributed by atoms with van der Waals surface area (Å²) in [5.41, 5.74) is 0.517. The summed E-state index contributed by atoms with van der Waals surface area (Å²) < 4.78 is 28.5. The summed E-state index contributed by atoms with van der Waals surface area (Å²) in [6.07, 6.45) is 1.75. The van der Waals surface area contributed by atoms with E-state index in [0.29, 0.717) is 24.3 Å². The second-order valence-corrected chi connectivity index (χ2v) is 7.55. The van der Waals surface area contributed by atoms with Crippen molar-refractivity contribution in [3.63, 3.8) is 0 Å². The van der Waals surface area contributed by atoms with Crippen LogP contribution in [0.1, 0.15) is 13.8 Å². The van der Waals surface area contributed by atoms with Crippen molar-refractivity contribution in [3.8, 4) is 0 Å². The molecule has 0 fully saturated rings. The van der Waals surface area contributed by atoms with Gasteiger partial charge in [-0.1, -0.05) is 31.5 Å². The summed E-state index contributed by atoms with van der Waals surface area (Å²) in [6, 6.07) is 8.10. The highest BCUT2D eigenvalue weighted by Gasteiger charge is 2.25. The van der Waals surface area contributed by atoms with Gasteiger partial charge in [-0.25, -0.2) is 8.42 Å². The Kier molecular flexibility index (Phi) is 4.33. The third kappa shape index (κ3) is 2.58. The Morgan fingerprint density at radius 3 is 2.58 bits per heavy atom. The lowest BCUT2D eigenvalue weighted by atomic mass is 10.2. The van der Waals surface area contributed by atoms with Gasteiger partial charge in [-0.2, -0.15) is 9.29 Å². The quantitative estimate of drug-likeness (QED) is 0.666. The second kappa shape index (κ2) is 6.16. The molecular weight excluding hydrogens is 350 g/mol. The number of halogens is 1. The van der Waals surface area contributed by atoms with E-state index >= 15 is 0 Å². The average Bonchev–Trinajstić information content (AvgIpc) is 2.55. The Hall–Kier alpha value is -1.96. The van der Waals surface area contributed by atoms with Gasteiger partial charge in [0.25, 0.3) is 5.56 Å². The molecule has 0 aliphatic rings. The zero-order chi connectivity index (χ0) is 17.5. The molecule has 3 aromatic rings. The number of fused-ring (bicyclic) bond motifs is 3. The first kappa shape index (κ1) is 16.9. The molecule has 24 heavy (non-hydrogen) atoms. The molecule has 0 spiro atoms. The minimum absolute atomic E-state index is 0.0739. The molecular formula is C16H16ClN3O3S. The fourth-order valence-electron chi connectivity index (χ4n) is 2.71. The number of rotatable bonds is 4. The van der Waals surface area contributed by atoms with Crippen molar-refractivity contribution in [2.45, 2.75) is 18.7 Å². The Morgan fingerprint density at radius 2 is 1.92 bits per heavy atom. The highest BCUT2D eigenvalue weighted by Crippen LogP contribution is 2.28. The van der Waals surface area contributed by atoms with E-state index in [1.807, 2.05) is 0 Å². The highest BCUT2D eigenvalue weighted by molar-refractivity contribution is 7.89. The molecule has 0 aliphatic heterocycles. The zero-order valence-corrected chi connectivity index (χ0v) is 14.8. The summed E-state index contributed by atoms with van der Waals surface area (Å²) in [5.74, 6) is 0. The van der Waals surface area contributed by atoms with Crippen LogP contribution in [-0.2, 0) is 10.0 Å². The van der Waals surface area contributed by atoms with E-state index in [-0.39, 0.29) is 15.3 Å². The first-order valence-corrected chi connectivity index (χ1v) is 9.32. The monoisotopic (exact) mass is 365 g/mol. The van der Waals surface area contributed by atoms with Crippen LogP contribution in [0, 0.1) is 0 Å². The maximum absolute atomic E-state index is 12.7. The van der Waals surface area contributed by atoms with Crippen molar-refractivity contribution in [1.29, 1.82) is 0 Å². The molecule has 3 rings (SSSR count). The predicted molar refractivity (Wildman–Crippen MR) is 94.1 cm³/mol. The van der Waals surface area contributed by atoms with E-state index < -0.39 is 15.6 Å². The molecule has 0 radical (unpaired) electrons. The molecule has 0 saturated carbocycles. The van der Waals surface area contributed by atoms with E-state index in [1.54, 1.807) is 42.6 Å². The van der Waals surface area contributed by atoms with E-state index in [2.05, 4.69) is 4.98 Å². The molecule has 2 aromatic heterocycles. The maximum Gasteiger partial charge on any atom is 0.281 e. The van der Waals surface area contributed by atoms with Crippen LogP contribution in [0.15, 0.2) is 46.2 Å². The van der Waals surface area contributed by atoms with Crippen LogP contribution in [0.5, 0.6) is 0 Å². The van der Waals surface area contributed by atoms with Gasteiger partial charge >= 0.3 is 0 Å². The summed E-state index contributed by atoms with van der Waals surface area (Å²) >= 11 is 6.26. The Morgan fingerprint density at radius 1 is 1.21 bits per heavy atom. The van der Waals surface area contributed by atoms with Gasteiger partial charge in [-0.3, -0.25) is 4.79 Å². The molecule has 0 aliphatic carbocycles. The average molecular weight is 366 g/mol.